The minimum absolute atomic E-state index is 0.0698. The van der Waals surface area contributed by atoms with E-state index in [2.05, 4.69) is 58.9 Å². The SMILES string of the molecule is CCCCCCCCCCCCC1CCC(C2CCC(c3cc(C)c(Oc4cccc(N)c4)c(C)c3)(c3cc(C)c(Oc4cccc(N)c4)c(C)c3)CC2)CC1. The Morgan fingerprint density at radius 2 is 0.929 bits per heavy atom. The van der Waals surface area contributed by atoms with Gasteiger partial charge in [0.05, 0.1) is 0 Å². The van der Waals surface area contributed by atoms with Gasteiger partial charge in [0.15, 0.2) is 0 Å². The van der Waals surface area contributed by atoms with Crippen molar-refractivity contribution in [1.29, 1.82) is 0 Å². The summed E-state index contributed by atoms with van der Waals surface area (Å²) < 4.78 is 13.0. The number of unbranched alkanes of at least 4 members (excludes halogenated alkanes) is 9. The van der Waals surface area contributed by atoms with Crippen LogP contribution in [0.2, 0.25) is 0 Å². The van der Waals surface area contributed by atoms with E-state index >= 15 is 0 Å². The maximum Gasteiger partial charge on any atom is 0.133 e. The van der Waals surface area contributed by atoms with Crippen LogP contribution in [0, 0.1) is 45.4 Å². The van der Waals surface area contributed by atoms with Gasteiger partial charge in [-0.1, -0.05) is 127 Å². The molecule has 0 amide bonds. The maximum absolute atomic E-state index is 6.48. The molecule has 0 bridgehead atoms. The molecule has 2 fully saturated rings. The van der Waals surface area contributed by atoms with Crippen LogP contribution < -0.4 is 20.9 Å². The number of hydrogen-bond acceptors (Lipinski definition) is 4. The van der Waals surface area contributed by atoms with Crippen molar-refractivity contribution in [3.63, 3.8) is 0 Å². The summed E-state index contributed by atoms with van der Waals surface area (Å²) >= 11 is 0. The van der Waals surface area contributed by atoms with Gasteiger partial charge in [0.2, 0.25) is 0 Å². The second-order valence-electron chi connectivity index (χ2n) is 17.9. The summed E-state index contributed by atoms with van der Waals surface area (Å²) in [6.45, 7) is 11.1. The van der Waals surface area contributed by atoms with Gasteiger partial charge in [0, 0.05) is 28.9 Å². The number of nitrogens with two attached hydrogens (primary N) is 2. The predicted octanol–water partition coefficient (Wildman–Crippen LogP) is 15.3. The Morgan fingerprint density at radius 1 is 0.518 bits per heavy atom. The number of hydrogen-bond donors (Lipinski definition) is 2. The average molecular weight is 757 g/mol. The van der Waals surface area contributed by atoms with Crippen LogP contribution in [-0.2, 0) is 5.41 Å². The highest BCUT2D eigenvalue weighted by atomic mass is 16.5. The summed E-state index contributed by atoms with van der Waals surface area (Å²) in [5.74, 6) is 6.07. The fourth-order valence-electron chi connectivity index (χ4n) is 10.4. The van der Waals surface area contributed by atoms with Gasteiger partial charge in [-0.3, -0.25) is 0 Å². The zero-order valence-corrected chi connectivity index (χ0v) is 35.6. The van der Waals surface area contributed by atoms with E-state index in [1.165, 1.54) is 155 Å². The second-order valence-corrected chi connectivity index (χ2v) is 17.9. The normalized spacial score (nSPS) is 18.5. The number of aryl methyl sites for hydroxylation is 4. The summed E-state index contributed by atoms with van der Waals surface area (Å²) in [5, 5.41) is 0. The molecular weight excluding hydrogens is 685 g/mol. The lowest BCUT2D eigenvalue weighted by molar-refractivity contribution is 0.140. The average Bonchev–Trinajstić information content (AvgIpc) is 3.18. The first-order chi connectivity index (χ1) is 27.1. The molecule has 0 atom stereocenters. The Labute approximate surface area is 340 Å². The van der Waals surface area contributed by atoms with Gasteiger partial charge in [0.25, 0.3) is 0 Å². The molecule has 0 radical (unpaired) electrons. The molecule has 4 nitrogen and oxygen atoms in total. The molecule has 4 N–H and O–H groups in total. The lowest BCUT2D eigenvalue weighted by Crippen LogP contribution is -2.36. The highest BCUT2D eigenvalue weighted by Gasteiger charge is 2.42. The Kier molecular flexibility index (Phi) is 14.9. The number of nitrogen functional groups attached to an aromatic ring is 2. The highest BCUT2D eigenvalue weighted by molar-refractivity contribution is 5.55. The molecule has 56 heavy (non-hydrogen) atoms. The van der Waals surface area contributed by atoms with Gasteiger partial charge in [-0.05, 0) is 142 Å². The van der Waals surface area contributed by atoms with Crippen LogP contribution in [0.4, 0.5) is 11.4 Å². The first-order valence-electron chi connectivity index (χ1n) is 22.5. The molecule has 0 unspecified atom stereocenters. The van der Waals surface area contributed by atoms with E-state index in [4.69, 9.17) is 20.9 Å². The monoisotopic (exact) mass is 757 g/mol. The van der Waals surface area contributed by atoms with Crippen LogP contribution in [0.25, 0.3) is 0 Å². The fourth-order valence-corrected chi connectivity index (χ4v) is 10.4. The Bertz CT molecular complexity index is 1690. The molecule has 302 valence electrons. The van der Waals surface area contributed by atoms with Gasteiger partial charge in [0.1, 0.15) is 23.0 Å². The van der Waals surface area contributed by atoms with E-state index in [0.29, 0.717) is 11.4 Å². The van der Waals surface area contributed by atoms with E-state index in [9.17, 15) is 0 Å². The Balaban J connectivity index is 1.14. The van der Waals surface area contributed by atoms with Crippen molar-refractivity contribution in [3.05, 3.63) is 106 Å². The standard InChI is InChI=1S/C52H72N2O2/c1-6-7-8-9-10-11-12-13-14-15-18-41-23-25-42(26-24-41)43-27-29-52(30-28-43,44-31-37(2)50(38(3)32-44)55-48-21-16-19-46(53)35-48)45-33-39(4)51(40(5)34-45)56-49-22-17-20-47(54)36-49/h16-17,19-22,31-36,41-43H,6-15,18,23-30,53-54H2,1-5H3. The van der Waals surface area contributed by atoms with Crippen molar-refractivity contribution in [3.8, 4) is 23.0 Å². The van der Waals surface area contributed by atoms with Crippen molar-refractivity contribution >= 4 is 11.4 Å². The lowest BCUT2D eigenvalue weighted by atomic mass is 9.59. The van der Waals surface area contributed by atoms with Gasteiger partial charge in [-0.25, -0.2) is 0 Å². The lowest BCUT2D eigenvalue weighted by Gasteiger charge is -2.45. The molecule has 0 heterocycles. The van der Waals surface area contributed by atoms with Crippen LogP contribution in [0.3, 0.4) is 0 Å². The van der Waals surface area contributed by atoms with Crippen LogP contribution in [0.5, 0.6) is 23.0 Å². The third-order valence-electron chi connectivity index (χ3n) is 13.6. The summed E-state index contributed by atoms with van der Waals surface area (Å²) in [6.07, 6.45) is 26.4. The molecule has 4 heteroatoms. The number of ether oxygens (including phenoxy) is 2. The summed E-state index contributed by atoms with van der Waals surface area (Å²) in [4.78, 5) is 0. The molecule has 6 rings (SSSR count). The Hall–Kier alpha value is -3.92. The smallest absolute Gasteiger partial charge is 0.133 e. The van der Waals surface area contributed by atoms with Gasteiger partial charge >= 0.3 is 0 Å². The number of rotatable bonds is 18. The van der Waals surface area contributed by atoms with Gasteiger partial charge < -0.3 is 20.9 Å². The summed E-state index contributed by atoms with van der Waals surface area (Å²) in [6, 6.07) is 25.1. The molecule has 4 aromatic carbocycles. The Morgan fingerprint density at radius 3 is 1.36 bits per heavy atom. The topological polar surface area (TPSA) is 70.5 Å². The first-order valence-corrected chi connectivity index (χ1v) is 22.5. The second kappa shape index (κ2) is 20.0. The van der Waals surface area contributed by atoms with E-state index < -0.39 is 0 Å². The van der Waals surface area contributed by atoms with E-state index in [0.717, 1.165) is 40.8 Å². The third-order valence-corrected chi connectivity index (χ3v) is 13.6. The van der Waals surface area contributed by atoms with E-state index in [1.54, 1.807) is 0 Å². The van der Waals surface area contributed by atoms with Crippen molar-refractivity contribution in [2.45, 2.75) is 162 Å². The molecule has 0 aromatic heterocycles. The van der Waals surface area contributed by atoms with E-state index in [-0.39, 0.29) is 5.41 Å². The molecule has 2 saturated carbocycles. The maximum atomic E-state index is 6.48. The molecular formula is C52H72N2O2. The van der Waals surface area contributed by atoms with Crippen molar-refractivity contribution < 1.29 is 9.47 Å². The molecule has 4 aromatic rings. The molecule has 0 saturated heterocycles. The third kappa shape index (κ3) is 10.7. The van der Waals surface area contributed by atoms with Crippen molar-refractivity contribution in [2.24, 2.45) is 17.8 Å². The molecule has 0 spiro atoms. The molecule has 2 aliphatic carbocycles. The van der Waals surface area contributed by atoms with Crippen molar-refractivity contribution in [2.75, 3.05) is 11.5 Å². The number of anilines is 2. The fraction of sp³-hybridized carbons (Fsp3) is 0.538. The van der Waals surface area contributed by atoms with Gasteiger partial charge in [-0.15, -0.1) is 0 Å². The highest BCUT2D eigenvalue weighted by Crippen LogP contribution is 2.52. The van der Waals surface area contributed by atoms with Crippen LogP contribution in [-0.4, -0.2) is 0 Å². The first kappa shape index (κ1) is 41.7. The van der Waals surface area contributed by atoms with E-state index in [1.807, 2.05) is 48.5 Å². The molecule has 2 aliphatic rings. The number of benzene rings is 4. The predicted molar refractivity (Wildman–Crippen MR) is 238 cm³/mol. The summed E-state index contributed by atoms with van der Waals surface area (Å²) in [7, 11) is 0. The largest absolute Gasteiger partial charge is 0.457 e. The van der Waals surface area contributed by atoms with Crippen LogP contribution in [0.1, 0.15) is 162 Å². The van der Waals surface area contributed by atoms with Crippen LogP contribution in [0.15, 0.2) is 72.8 Å². The minimum atomic E-state index is -0.0698. The zero-order valence-electron chi connectivity index (χ0n) is 35.6. The van der Waals surface area contributed by atoms with Crippen molar-refractivity contribution in [1.82, 2.24) is 0 Å². The van der Waals surface area contributed by atoms with Crippen LogP contribution >= 0.6 is 0 Å². The minimum Gasteiger partial charge on any atom is -0.457 e. The van der Waals surface area contributed by atoms with Gasteiger partial charge in [-0.2, -0.15) is 0 Å². The quantitative estimate of drug-likeness (QED) is 0.0783. The molecule has 0 aliphatic heterocycles. The summed E-state index contributed by atoms with van der Waals surface area (Å²) in [5.41, 5.74) is 21.0. The zero-order chi connectivity index (χ0) is 39.5.